The van der Waals surface area contributed by atoms with E-state index in [1.807, 2.05) is 0 Å². The summed E-state index contributed by atoms with van der Waals surface area (Å²) < 4.78 is 26.2. The highest BCUT2D eigenvalue weighted by Crippen LogP contribution is 2.27. The number of halogens is 3. The van der Waals surface area contributed by atoms with Gasteiger partial charge in [-0.25, -0.2) is 8.78 Å². The molecule has 0 saturated heterocycles. The summed E-state index contributed by atoms with van der Waals surface area (Å²) in [6, 6.07) is 10.2. The van der Waals surface area contributed by atoms with E-state index in [9.17, 15) is 13.9 Å². The predicted octanol–water partition coefficient (Wildman–Crippen LogP) is 3.89. The van der Waals surface area contributed by atoms with Crippen molar-refractivity contribution in [3.05, 3.63) is 70.2 Å². The van der Waals surface area contributed by atoms with Gasteiger partial charge in [-0.2, -0.15) is 0 Å². The second-order valence-electron chi connectivity index (χ2n) is 3.99. The Bertz CT molecular complexity index is 557. The highest BCUT2D eigenvalue weighted by molar-refractivity contribution is 6.31. The normalized spacial score (nSPS) is 12.4. The van der Waals surface area contributed by atoms with Crippen LogP contribution in [-0.4, -0.2) is 5.11 Å². The van der Waals surface area contributed by atoms with Gasteiger partial charge in [-0.1, -0.05) is 35.9 Å². The Morgan fingerprint density at radius 3 is 2.56 bits per heavy atom. The van der Waals surface area contributed by atoms with Gasteiger partial charge in [-0.15, -0.1) is 0 Å². The zero-order chi connectivity index (χ0) is 13.1. The minimum Gasteiger partial charge on any atom is -0.388 e. The third-order valence-corrected chi connectivity index (χ3v) is 3.06. The lowest BCUT2D eigenvalue weighted by molar-refractivity contribution is 0.178. The van der Waals surface area contributed by atoms with E-state index in [0.717, 1.165) is 0 Å². The zero-order valence-electron chi connectivity index (χ0n) is 9.41. The Labute approximate surface area is 109 Å². The predicted molar refractivity (Wildman–Crippen MR) is 66.5 cm³/mol. The maximum absolute atomic E-state index is 13.2. The van der Waals surface area contributed by atoms with Crippen LogP contribution in [0.15, 0.2) is 42.5 Å². The van der Waals surface area contributed by atoms with E-state index >= 15 is 0 Å². The number of hydrogen-bond acceptors (Lipinski definition) is 1. The van der Waals surface area contributed by atoms with E-state index in [4.69, 9.17) is 11.6 Å². The van der Waals surface area contributed by atoms with Gasteiger partial charge in [0.2, 0.25) is 0 Å². The van der Waals surface area contributed by atoms with Crippen molar-refractivity contribution in [2.75, 3.05) is 0 Å². The van der Waals surface area contributed by atoms with Crippen molar-refractivity contribution in [1.82, 2.24) is 0 Å². The molecule has 0 radical (unpaired) electrons. The second-order valence-corrected chi connectivity index (χ2v) is 4.37. The average Bonchev–Trinajstić information content (AvgIpc) is 2.32. The van der Waals surface area contributed by atoms with Crippen molar-refractivity contribution in [3.8, 4) is 0 Å². The van der Waals surface area contributed by atoms with Gasteiger partial charge >= 0.3 is 0 Å². The first-order valence-corrected chi connectivity index (χ1v) is 5.82. The Morgan fingerprint density at radius 2 is 1.83 bits per heavy atom. The van der Waals surface area contributed by atoms with Crippen molar-refractivity contribution >= 4 is 11.6 Å². The molecule has 0 aliphatic carbocycles. The summed E-state index contributed by atoms with van der Waals surface area (Å²) in [5.74, 6) is -0.947. The monoisotopic (exact) mass is 268 g/mol. The van der Waals surface area contributed by atoms with E-state index in [1.54, 1.807) is 18.2 Å². The number of hydrogen-bond donors (Lipinski definition) is 1. The zero-order valence-corrected chi connectivity index (χ0v) is 10.2. The standard InChI is InChI=1S/C14H11ClF2O/c15-14-11(5-2-6-12(14)17)13(18)8-9-3-1-4-10(16)7-9/h1-7,13,18H,8H2. The molecule has 0 aliphatic rings. The van der Waals surface area contributed by atoms with Gasteiger partial charge in [0.1, 0.15) is 11.6 Å². The molecule has 94 valence electrons. The Hall–Kier alpha value is -1.45. The van der Waals surface area contributed by atoms with Crippen LogP contribution in [0.1, 0.15) is 17.2 Å². The first-order valence-electron chi connectivity index (χ1n) is 5.44. The molecule has 0 heterocycles. The van der Waals surface area contributed by atoms with E-state index in [-0.39, 0.29) is 17.3 Å². The number of aliphatic hydroxyl groups is 1. The molecule has 0 aromatic heterocycles. The van der Waals surface area contributed by atoms with Crippen LogP contribution in [0.5, 0.6) is 0 Å². The van der Waals surface area contributed by atoms with Crippen LogP contribution in [0.4, 0.5) is 8.78 Å². The molecule has 18 heavy (non-hydrogen) atoms. The van der Waals surface area contributed by atoms with Crippen LogP contribution in [0.25, 0.3) is 0 Å². The molecule has 1 unspecified atom stereocenters. The van der Waals surface area contributed by atoms with Gasteiger partial charge in [-0.3, -0.25) is 0 Å². The highest BCUT2D eigenvalue weighted by Gasteiger charge is 2.15. The molecule has 2 aromatic carbocycles. The number of aliphatic hydroxyl groups excluding tert-OH is 1. The van der Waals surface area contributed by atoms with E-state index in [0.29, 0.717) is 11.1 Å². The van der Waals surface area contributed by atoms with Crippen molar-refractivity contribution in [2.45, 2.75) is 12.5 Å². The molecule has 0 amide bonds. The highest BCUT2D eigenvalue weighted by atomic mass is 35.5. The van der Waals surface area contributed by atoms with Crippen LogP contribution in [0.2, 0.25) is 5.02 Å². The van der Waals surface area contributed by atoms with Crippen LogP contribution >= 0.6 is 11.6 Å². The summed E-state index contributed by atoms with van der Waals surface area (Å²) in [5, 5.41) is 9.90. The summed E-state index contributed by atoms with van der Waals surface area (Å²) in [4.78, 5) is 0. The summed E-state index contributed by atoms with van der Waals surface area (Å²) in [5.41, 5.74) is 0.934. The molecule has 2 rings (SSSR count). The van der Waals surface area contributed by atoms with Crippen molar-refractivity contribution in [2.24, 2.45) is 0 Å². The summed E-state index contributed by atoms with van der Waals surface area (Å²) >= 11 is 5.78. The fourth-order valence-corrected chi connectivity index (χ4v) is 2.03. The van der Waals surface area contributed by atoms with Gasteiger partial charge in [0.15, 0.2) is 0 Å². The minimum absolute atomic E-state index is 0.0959. The topological polar surface area (TPSA) is 20.2 Å². The molecule has 0 saturated carbocycles. The Morgan fingerprint density at radius 1 is 1.11 bits per heavy atom. The van der Waals surface area contributed by atoms with E-state index in [2.05, 4.69) is 0 Å². The SMILES string of the molecule is OC(Cc1cccc(F)c1)c1cccc(F)c1Cl. The molecule has 1 N–H and O–H groups in total. The van der Waals surface area contributed by atoms with Gasteiger partial charge in [-0.05, 0) is 23.8 Å². The smallest absolute Gasteiger partial charge is 0.142 e. The van der Waals surface area contributed by atoms with Crippen molar-refractivity contribution < 1.29 is 13.9 Å². The molecule has 2 aromatic rings. The Balaban J connectivity index is 2.22. The van der Waals surface area contributed by atoms with Gasteiger partial charge < -0.3 is 5.11 Å². The van der Waals surface area contributed by atoms with Crippen LogP contribution in [0, 0.1) is 11.6 Å². The summed E-state index contributed by atoms with van der Waals surface area (Å²) in [6.45, 7) is 0. The van der Waals surface area contributed by atoms with E-state index in [1.165, 1.54) is 24.3 Å². The van der Waals surface area contributed by atoms with Crippen LogP contribution < -0.4 is 0 Å². The third kappa shape index (κ3) is 2.86. The van der Waals surface area contributed by atoms with Gasteiger partial charge in [0, 0.05) is 12.0 Å². The van der Waals surface area contributed by atoms with Crippen molar-refractivity contribution in [1.29, 1.82) is 0 Å². The van der Waals surface area contributed by atoms with Gasteiger partial charge in [0.25, 0.3) is 0 Å². The molecular formula is C14H11ClF2O. The lowest BCUT2D eigenvalue weighted by Crippen LogP contribution is -2.03. The number of benzene rings is 2. The molecule has 1 atom stereocenters. The molecular weight excluding hydrogens is 258 g/mol. The molecule has 0 aliphatic heterocycles. The van der Waals surface area contributed by atoms with E-state index < -0.39 is 11.9 Å². The van der Waals surface area contributed by atoms with Crippen LogP contribution in [0.3, 0.4) is 0 Å². The fourth-order valence-electron chi connectivity index (χ4n) is 1.77. The summed E-state index contributed by atoms with van der Waals surface area (Å²) in [6.07, 6.45) is -0.781. The quantitative estimate of drug-likeness (QED) is 0.895. The Kier molecular flexibility index (Phi) is 3.94. The first kappa shape index (κ1) is 13.0. The molecule has 1 nitrogen and oxygen atoms in total. The lowest BCUT2D eigenvalue weighted by atomic mass is 10.0. The third-order valence-electron chi connectivity index (χ3n) is 2.66. The molecule has 0 spiro atoms. The maximum atomic E-state index is 13.2. The lowest BCUT2D eigenvalue weighted by Gasteiger charge is -2.13. The first-order chi connectivity index (χ1) is 8.58. The maximum Gasteiger partial charge on any atom is 0.142 e. The number of rotatable bonds is 3. The average molecular weight is 269 g/mol. The summed E-state index contributed by atoms with van der Waals surface area (Å²) in [7, 11) is 0. The minimum atomic E-state index is -0.963. The fraction of sp³-hybridized carbons (Fsp3) is 0.143. The second kappa shape index (κ2) is 5.46. The molecule has 0 fully saturated rings. The van der Waals surface area contributed by atoms with Crippen molar-refractivity contribution in [3.63, 3.8) is 0 Å². The molecule has 0 bridgehead atoms. The molecule has 4 heteroatoms. The van der Waals surface area contributed by atoms with Crippen LogP contribution in [-0.2, 0) is 6.42 Å². The largest absolute Gasteiger partial charge is 0.388 e. The van der Waals surface area contributed by atoms with Gasteiger partial charge in [0.05, 0.1) is 11.1 Å².